The van der Waals surface area contributed by atoms with Crippen LogP contribution < -0.4 is 14.5 Å². The van der Waals surface area contributed by atoms with Crippen molar-refractivity contribution in [2.45, 2.75) is 39.0 Å². The summed E-state index contributed by atoms with van der Waals surface area (Å²) in [5, 5.41) is 5.75. The van der Waals surface area contributed by atoms with Gasteiger partial charge in [-0.3, -0.25) is 4.98 Å². The number of morpholine rings is 1. The van der Waals surface area contributed by atoms with Crippen molar-refractivity contribution >= 4 is 71.9 Å². The molecule has 5 heterocycles. The fourth-order valence-electron chi connectivity index (χ4n) is 5.67. The number of anilines is 2. The smallest absolute Gasteiger partial charge is 0.310 e. The third-order valence-electron chi connectivity index (χ3n) is 8.31. The lowest BCUT2D eigenvalue weighted by atomic mass is 10.2. The first-order valence-electron chi connectivity index (χ1n) is 15.9. The summed E-state index contributed by atoms with van der Waals surface area (Å²) in [5.74, 6) is 2.80. The zero-order valence-corrected chi connectivity index (χ0v) is 30.8. The number of benzene rings is 2. The molecule has 0 saturated carbocycles. The predicted octanol–water partition coefficient (Wildman–Crippen LogP) is 6.68. The van der Waals surface area contributed by atoms with Crippen molar-refractivity contribution in [1.29, 1.82) is 0 Å². The van der Waals surface area contributed by atoms with Crippen LogP contribution in [0.4, 0.5) is 11.9 Å². The number of aromatic nitrogens is 7. The molecule has 7 rings (SSSR count). The zero-order valence-electron chi connectivity index (χ0n) is 27.5. The molecule has 1 aliphatic heterocycles. The molecule has 12 nitrogen and oxygen atoms in total. The second-order valence-corrected chi connectivity index (χ2v) is 16.6. The van der Waals surface area contributed by atoms with Crippen LogP contribution >= 0.6 is 34.5 Å². The molecular formula is C33H36Cl2N9O3SSi+. The summed E-state index contributed by atoms with van der Waals surface area (Å²) in [6.45, 7) is 9.02. The van der Waals surface area contributed by atoms with Crippen molar-refractivity contribution in [2.75, 3.05) is 49.8 Å². The Hall–Kier alpha value is -3.79. The van der Waals surface area contributed by atoms with Gasteiger partial charge in [-0.1, -0.05) is 35.3 Å². The molecule has 1 fully saturated rings. The molecule has 0 N–H and O–H groups in total. The average Bonchev–Trinajstić information content (AvgIpc) is 3.86. The van der Waals surface area contributed by atoms with E-state index in [1.54, 1.807) is 24.5 Å². The molecule has 1 saturated heterocycles. The monoisotopic (exact) mass is 736 g/mol. The van der Waals surface area contributed by atoms with Crippen LogP contribution in [0.15, 0.2) is 54.3 Å². The number of thiazole rings is 1. The van der Waals surface area contributed by atoms with Crippen LogP contribution in [0.25, 0.3) is 27.1 Å². The van der Waals surface area contributed by atoms with Gasteiger partial charge in [0.15, 0.2) is 5.65 Å². The van der Waals surface area contributed by atoms with E-state index in [-0.39, 0.29) is 0 Å². The largest absolute Gasteiger partial charge is 0.497 e. The topological polar surface area (TPSA) is 108 Å². The van der Waals surface area contributed by atoms with Gasteiger partial charge in [0.2, 0.25) is 11.9 Å². The molecule has 4 aromatic heterocycles. The minimum absolute atomic E-state index is 0.324. The van der Waals surface area contributed by atoms with Crippen LogP contribution in [-0.2, 0) is 29.3 Å². The fourth-order valence-corrected chi connectivity index (χ4v) is 7.17. The van der Waals surface area contributed by atoms with Crippen LogP contribution in [0, 0.1) is 0 Å². The van der Waals surface area contributed by atoms with Gasteiger partial charge in [-0.05, 0) is 29.8 Å². The normalized spacial score (nSPS) is 13.4. The lowest BCUT2D eigenvalue weighted by Crippen LogP contribution is -2.38. The minimum Gasteiger partial charge on any atom is -0.497 e. The van der Waals surface area contributed by atoms with Crippen LogP contribution in [0.5, 0.6) is 5.75 Å². The Bertz CT molecular complexity index is 2030. The van der Waals surface area contributed by atoms with Crippen molar-refractivity contribution in [1.82, 2.24) is 34.1 Å². The highest BCUT2D eigenvalue weighted by Gasteiger charge is 2.25. The second kappa shape index (κ2) is 15.0. The maximum atomic E-state index is 6.53. The summed E-state index contributed by atoms with van der Waals surface area (Å²) < 4.78 is 21.2. The van der Waals surface area contributed by atoms with Crippen LogP contribution in [0.1, 0.15) is 11.4 Å². The van der Waals surface area contributed by atoms with Crippen molar-refractivity contribution in [3.63, 3.8) is 0 Å². The molecule has 0 bridgehead atoms. The van der Waals surface area contributed by atoms with Crippen molar-refractivity contribution in [3.8, 4) is 16.2 Å². The maximum absolute atomic E-state index is 6.53. The summed E-state index contributed by atoms with van der Waals surface area (Å²) in [4.78, 5) is 25.0. The fraction of sp³-hybridized carbons (Fsp3) is 0.364. The first kappa shape index (κ1) is 33.7. The molecule has 1 aliphatic rings. The number of methoxy groups -OCH3 is 1. The molecule has 49 heavy (non-hydrogen) atoms. The van der Waals surface area contributed by atoms with E-state index in [2.05, 4.69) is 44.6 Å². The number of nitrogens with zero attached hydrogens (tertiary/aromatic N) is 9. The molecule has 6 aromatic rings. The summed E-state index contributed by atoms with van der Waals surface area (Å²) in [6, 6.07) is 12.7. The Kier molecular flexibility index (Phi) is 10.3. The van der Waals surface area contributed by atoms with Crippen molar-refractivity contribution < 1.29 is 14.2 Å². The average molecular weight is 738 g/mol. The molecular weight excluding hydrogens is 701 g/mol. The highest BCUT2D eigenvalue weighted by molar-refractivity contribution is 7.13. The molecule has 0 unspecified atom stereocenters. The number of halogens is 2. The van der Waals surface area contributed by atoms with Crippen LogP contribution in [0.3, 0.4) is 0 Å². The highest BCUT2D eigenvalue weighted by atomic mass is 35.5. The Morgan fingerprint density at radius 3 is 2.53 bits per heavy atom. The Morgan fingerprint density at radius 2 is 1.80 bits per heavy atom. The number of ether oxygens (including phenoxy) is 3. The Morgan fingerprint density at radius 1 is 1.00 bits per heavy atom. The van der Waals surface area contributed by atoms with Gasteiger partial charge in [0.1, 0.15) is 18.3 Å². The Balaban J connectivity index is 1.36. The van der Waals surface area contributed by atoms with Crippen molar-refractivity contribution in [3.05, 3.63) is 75.7 Å². The zero-order chi connectivity index (χ0) is 33.9. The number of hydrogen-bond donors (Lipinski definition) is 0. The number of hydrogen-bond acceptors (Lipinski definition) is 11. The van der Waals surface area contributed by atoms with Crippen molar-refractivity contribution in [2.24, 2.45) is 0 Å². The number of fused-ring (bicyclic) bond motifs is 2. The third kappa shape index (κ3) is 7.39. The molecule has 16 heteroatoms. The number of imidazole rings is 1. The summed E-state index contributed by atoms with van der Waals surface area (Å²) in [6.07, 6.45) is 3.67. The second-order valence-electron chi connectivity index (χ2n) is 12.0. The minimum atomic E-state index is -0.426. The quantitative estimate of drug-likeness (QED) is 0.0941. The van der Waals surface area contributed by atoms with Gasteiger partial charge in [0.05, 0.1) is 95.8 Å². The maximum Gasteiger partial charge on any atom is 0.310 e. The van der Waals surface area contributed by atoms with E-state index in [0.29, 0.717) is 80.3 Å². The summed E-state index contributed by atoms with van der Waals surface area (Å²) in [5.41, 5.74) is 6.04. The summed E-state index contributed by atoms with van der Waals surface area (Å²) in [7, 11) is 1.24. The van der Waals surface area contributed by atoms with E-state index in [9.17, 15) is 0 Å². The standard InChI is InChI=1S/C33H36Cl2N9O3SSi/c1-45-23-6-4-22(5-7-23)18-42(19-30-38-27-14-25(34)26(35)15-28(27)43(30)21-47-12-13-49(2)3)33-40-32(41-8-10-46-11-9-41)39-31-24(16-37-44(31)33)29-17-36-20-48-29/h4-7,14-17,20H,8-13,18-19,21H2,1-3H3/q+1. The van der Waals surface area contributed by atoms with Crippen LogP contribution in [-0.4, -0.2) is 82.9 Å². The van der Waals surface area contributed by atoms with Gasteiger partial charge in [-0.2, -0.15) is 19.6 Å². The first-order chi connectivity index (χ1) is 23.9. The van der Waals surface area contributed by atoms with Gasteiger partial charge in [0.25, 0.3) is 0 Å². The highest BCUT2D eigenvalue weighted by Crippen LogP contribution is 2.33. The molecule has 0 spiro atoms. The van der Waals surface area contributed by atoms with Gasteiger partial charge < -0.3 is 28.6 Å². The Labute approximate surface area is 299 Å². The van der Waals surface area contributed by atoms with E-state index in [1.807, 2.05) is 40.6 Å². The third-order valence-corrected chi connectivity index (χ3v) is 11.0. The molecule has 0 radical (unpaired) electrons. The van der Waals surface area contributed by atoms with Crippen LogP contribution in [0.2, 0.25) is 29.2 Å². The molecule has 2 aromatic carbocycles. The van der Waals surface area contributed by atoms with Gasteiger partial charge in [-0.25, -0.2) is 4.98 Å². The predicted molar refractivity (Wildman–Crippen MR) is 196 cm³/mol. The van der Waals surface area contributed by atoms with Gasteiger partial charge in [-0.15, -0.1) is 11.3 Å². The van der Waals surface area contributed by atoms with E-state index in [1.165, 1.54) is 0 Å². The molecule has 254 valence electrons. The lowest BCUT2D eigenvalue weighted by molar-refractivity contribution is 0.0882. The number of rotatable bonds is 13. The molecule has 0 aliphatic carbocycles. The molecule has 0 atom stereocenters. The lowest BCUT2D eigenvalue weighted by Gasteiger charge is -2.29. The van der Waals surface area contributed by atoms with E-state index in [0.717, 1.165) is 44.7 Å². The first-order valence-corrected chi connectivity index (χ1v) is 20.3. The van der Waals surface area contributed by atoms with Gasteiger partial charge in [0, 0.05) is 25.8 Å². The van der Waals surface area contributed by atoms with Gasteiger partial charge >= 0.3 is 8.80 Å². The SMILES string of the molecule is COc1ccc(CN(Cc2nc3cc(Cl)c(Cl)cc3n2COCC[Si+](C)C)c2nc(N3CCOCC3)nc3c(-c4cncs4)cnn23)cc1. The molecule has 0 amide bonds. The summed E-state index contributed by atoms with van der Waals surface area (Å²) >= 11 is 14.5. The van der Waals surface area contributed by atoms with E-state index >= 15 is 0 Å². The van der Waals surface area contributed by atoms with E-state index < -0.39 is 8.80 Å². The van der Waals surface area contributed by atoms with E-state index in [4.69, 9.17) is 57.5 Å².